The van der Waals surface area contributed by atoms with Crippen LogP contribution in [0.15, 0.2) is 22.7 Å². The van der Waals surface area contributed by atoms with E-state index in [0.29, 0.717) is 23.4 Å². The molecule has 0 aromatic heterocycles. The molecule has 0 saturated heterocycles. The summed E-state index contributed by atoms with van der Waals surface area (Å²) in [6, 6.07) is 4.70. The number of carboxylic acids is 1. The Morgan fingerprint density at radius 2 is 1.95 bits per heavy atom. The van der Waals surface area contributed by atoms with Crippen LogP contribution in [0.5, 0.6) is 0 Å². The normalized spacial score (nSPS) is 22.4. The first kappa shape index (κ1) is 16.3. The van der Waals surface area contributed by atoms with E-state index in [9.17, 15) is 14.7 Å². The molecule has 0 spiro atoms. The Morgan fingerprint density at radius 1 is 1.24 bits per heavy atom. The molecule has 0 heterocycles. The molecule has 1 aromatic rings. The zero-order chi connectivity index (χ0) is 15.4. The summed E-state index contributed by atoms with van der Waals surface area (Å²) < 4.78 is 0.757. The lowest BCUT2D eigenvalue weighted by atomic mass is 9.94. The molecule has 1 amide bonds. The van der Waals surface area contributed by atoms with Crippen LogP contribution in [0.1, 0.15) is 42.5 Å². The van der Waals surface area contributed by atoms with Gasteiger partial charge < -0.3 is 10.4 Å². The molecule has 0 aliphatic heterocycles. The number of rotatable bonds is 3. The van der Waals surface area contributed by atoms with Crippen LogP contribution in [0.2, 0.25) is 5.02 Å². The van der Waals surface area contributed by atoms with Gasteiger partial charge in [0.2, 0.25) is 0 Å². The van der Waals surface area contributed by atoms with Gasteiger partial charge in [0, 0.05) is 10.5 Å². The average Bonchev–Trinajstić information content (AvgIpc) is 2.67. The van der Waals surface area contributed by atoms with Gasteiger partial charge in [-0.25, -0.2) is 0 Å². The van der Waals surface area contributed by atoms with Crippen molar-refractivity contribution in [3.8, 4) is 0 Å². The Kier molecular flexibility index (Phi) is 5.65. The van der Waals surface area contributed by atoms with Crippen molar-refractivity contribution >= 4 is 39.4 Å². The molecule has 1 fully saturated rings. The van der Waals surface area contributed by atoms with Crippen LogP contribution >= 0.6 is 27.5 Å². The summed E-state index contributed by atoms with van der Waals surface area (Å²) in [5.74, 6) is -1.69. The van der Waals surface area contributed by atoms with E-state index in [0.717, 1.165) is 23.7 Å². The molecular formula is C15H17BrClNO3. The molecule has 114 valence electrons. The van der Waals surface area contributed by atoms with E-state index in [1.54, 1.807) is 18.2 Å². The fourth-order valence-corrected chi connectivity index (χ4v) is 3.26. The van der Waals surface area contributed by atoms with Crippen LogP contribution in [-0.2, 0) is 4.79 Å². The van der Waals surface area contributed by atoms with Gasteiger partial charge in [0.1, 0.15) is 0 Å². The maximum atomic E-state index is 12.4. The van der Waals surface area contributed by atoms with Gasteiger partial charge in [0.05, 0.1) is 16.5 Å². The summed E-state index contributed by atoms with van der Waals surface area (Å²) in [6.45, 7) is 0. The average molecular weight is 375 g/mol. The van der Waals surface area contributed by atoms with Crippen molar-refractivity contribution in [1.29, 1.82) is 0 Å². The van der Waals surface area contributed by atoms with Gasteiger partial charge in [-0.15, -0.1) is 0 Å². The van der Waals surface area contributed by atoms with Crippen LogP contribution in [0.4, 0.5) is 0 Å². The Balaban J connectivity index is 2.16. The van der Waals surface area contributed by atoms with Crippen molar-refractivity contribution in [3.05, 3.63) is 33.3 Å². The molecule has 2 atom stereocenters. The molecule has 0 radical (unpaired) electrons. The molecule has 21 heavy (non-hydrogen) atoms. The van der Waals surface area contributed by atoms with Crippen LogP contribution in [-0.4, -0.2) is 23.0 Å². The standard InChI is InChI=1S/C15H17BrClNO3/c16-9-6-7-12(17)11(8-9)14(19)18-13-5-3-1-2-4-10(13)15(20)21/h6-8,10,13H,1-5H2,(H,18,19)(H,20,21)/t10-,13+/m1/s1. The van der Waals surface area contributed by atoms with Crippen molar-refractivity contribution in [2.24, 2.45) is 5.92 Å². The summed E-state index contributed by atoms with van der Waals surface area (Å²) in [4.78, 5) is 23.7. The van der Waals surface area contributed by atoms with E-state index in [1.807, 2.05) is 0 Å². The minimum absolute atomic E-state index is 0.320. The highest BCUT2D eigenvalue weighted by Crippen LogP contribution is 2.26. The van der Waals surface area contributed by atoms with Crippen molar-refractivity contribution in [2.45, 2.75) is 38.1 Å². The lowest BCUT2D eigenvalue weighted by Crippen LogP contribution is -2.42. The third kappa shape index (κ3) is 4.20. The smallest absolute Gasteiger partial charge is 0.308 e. The highest BCUT2D eigenvalue weighted by atomic mass is 79.9. The Morgan fingerprint density at radius 3 is 2.67 bits per heavy atom. The van der Waals surface area contributed by atoms with Crippen molar-refractivity contribution < 1.29 is 14.7 Å². The van der Waals surface area contributed by atoms with Crippen molar-refractivity contribution in [3.63, 3.8) is 0 Å². The first-order chi connectivity index (χ1) is 9.99. The van der Waals surface area contributed by atoms with Crippen molar-refractivity contribution in [2.75, 3.05) is 0 Å². The number of hydrogen-bond donors (Lipinski definition) is 2. The van der Waals surface area contributed by atoms with Gasteiger partial charge in [0.25, 0.3) is 5.91 Å². The molecule has 0 bridgehead atoms. The minimum Gasteiger partial charge on any atom is -0.481 e. The fraction of sp³-hybridized carbons (Fsp3) is 0.467. The predicted octanol–water partition coefficient (Wildman–Crippen LogP) is 3.87. The predicted molar refractivity (Wildman–Crippen MR) is 84.6 cm³/mol. The lowest BCUT2D eigenvalue weighted by Gasteiger charge is -2.23. The second-order valence-corrected chi connectivity index (χ2v) is 6.61. The van der Waals surface area contributed by atoms with Gasteiger partial charge in [-0.3, -0.25) is 9.59 Å². The molecule has 2 rings (SSSR count). The molecule has 1 aromatic carbocycles. The largest absolute Gasteiger partial charge is 0.481 e. The molecule has 1 aliphatic carbocycles. The zero-order valence-electron chi connectivity index (χ0n) is 11.4. The summed E-state index contributed by atoms with van der Waals surface area (Å²) in [7, 11) is 0. The Labute approximate surface area is 137 Å². The van der Waals surface area contributed by atoms with Crippen LogP contribution in [0.25, 0.3) is 0 Å². The highest BCUT2D eigenvalue weighted by Gasteiger charge is 2.31. The summed E-state index contributed by atoms with van der Waals surface area (Å²) in [5.41, 5.74) is 0.361. The number of carboxylic acid groups (broad SMARTS) is 1. The van der Waals surface area contributed by atoms with E-state index >= 15 is 0 Å². The molecule has 6 heteroatoms. The monoisotopic (exact) mass is 373 g/mol. The molecule has 1 saturated carbocycles. The summed E-state index contributed by atoms with van der Waals surface area (Å²) in [6.07, 6.45) is 4.12. The number of halogens is 2. The second kappa shape index (κ2) is 7.27. The topological polar surface area (TPSA) is 66.4 Å². The summed E-state index contributed by atoms with van der Waals surface area (Å²) >= 11 is 9.35. The van der Waals surface area contributed by atoms with E-state index in [4.69, 9.17) is 11.6 Å². The van der Waals surface area contributed by atoms with E-state index < -0.39 is 11.9 Å². The first-order valence-electron chi connectivity index (χ1n) is 6.98. The number of carbonyl (C=O) groups is 2. The molecule has 0 unspecified atom stereocenters. The number of hydrogen-bond acceptors (Lipinski definition) is 2. The quantitative estimate of drug-likeness (QED) is 0.789. The van der Waals surface area contributed by atoms with Crippen molar-refractivity contribution in [1.82, 2.24) is 5.32 Å². The molecular weight excluding hydrogens is 358 g/mol. The van der Waals surface area contributed by atoms with E-state index in [2.05, 4.69) is 21.2 Å². The van der Waals surface area contributed by atoms with Gasteiger partial charge >= 0.3 is 5.97 Å². The van der Waals surface area contributed by atoms with Gasteiger partial charge in [-0.2, -0.15) is 0 Å². The third-order valence-corrected chi connectivity index (χ3v) is 4.65. The second-order valence-electron chi connectivity index (χ2n) is 5.29. The lowest BCUT2D eigenvalue weighted by molar-refractivity contribution is -0.142. The first-order valence-corrected chi connectivity index (χ1v) is 8.15. The van der Waals surface area contributed by atoms with Gasteiger partial charge in [-0.1, -0.05) is 46.8 Å². The number of nitrogens with one attached hydrogen (secondary N) is 1. The number of aliphatic carboxylic acids is 1. The van der Waals surface area contributed by atoms with Crippen LogP contribution in [0.3, 0.4) is 0 Å². The number of amides is 1. The number of benzene rings is 1. The SMILES string of the molecule is O=C(N[C@H]1CCCCC[C@H]1C(=O)O)c1cc(Br)ccc1Cl. The Bertz CT molecular complexity index is 550. The minimum atomic E-state index is -0.845. The molecule has 2 N–H and O–H groups in total. The highest BCUT2D eigenvalue weighted by molar-refractivity contribution is 9.10. The van der Waals surface area contributed by atoms with E-state index in [1.165, 1.54) is 0 Å². The van der Waals surface area contributed by atoms with Gasteiger partial charge in [0.15, 0.2) is 0 Å². The van der Waals surface area contributed by atoms with Crippen LogP contribution in [0, 0.1) is 5.92 Å². The Hall–Kier alpha value is -1.07. The third-order valence-electron chi connectivity index (χ3n) is 3.82. The van der Waals surface area contributed by atoms with Crippen LogP contribution < -0.4 is 5.32 Å². The maximum absolute atomic E-state index is 12.4. The van der Waals surface area contributed by atoms with Gasteiger partial charge in [-0.05, 0) is 31.0 Å². The van der Waals surface area contributed by atoms with E-state index in [-0.39, 0.29) is 11.9 Å². The molecule has 4 nitrogen and oxygen atoms in total. The maximum Gasteiger partial charge on any atom is 0.308 e. The zero-order valence-corrected chi connectivity index (χ0v) is 13.8. The number of carbonyl (C=O) groups excluding carboxylic acids is 1. The fourth-order valence-electron chi connectivity index (χ4n) is 2.69. The molecule has 1 aliphatic rings. The summed E-state index contributed by atoms with van der Waals surface area (Å²) in [5, 5.41) is 12.5.